The molecule has 4 rings (SSSR count). The molecular weight excluding hydrogens is 372 g/mol. The molecule has 0 bridgehead atoms. The third-order valence-electron chi connectivity index (χ3n) is 5.81. The van der Waals surface area contributed by atoms with Crippen molar-refractivity contribution in [3.05, 3.63) is 53.7 Å². The number of benzene rings is 1. The summed E-state index contributed by atoms with van der Waals surface area (Å²) in [6, 6.07) is 13.4. The highest BCUT2D eigenvalue weighted by molar-refractivity contribution is 7.90. The zero-order valence-corrected chi connectivity index (χ0v) is 17.1. The Morgan fingerprint density at radius 3 is 2.50 bits per heavy atom. The highest BCUT2D eigenvalue weighted by Crippen LogP contribution is 2.38. The van der Waals surface area contributed by atoms with Crippen LogP contribution in [0.4, 0.5) is 0 Å². The van der Waals surface area contributed by atoms with Crippen molar-refractivity contribution in [2.45, 2.75) is 42.9 Å². The molecule has 28 heavy (non-hydrogen) atoms. The van der Waals surface area contributed by atoms with Gasteiger partial charge in [0.25, 0.3) is 0 Å². The maximum absolute atomic E-state index is 11.8. The molecule has 3 aromatic rings. The minimum Gasteiger partial charge on any atom is -0.481 e. The van der Waals surface area contributed by atoms with E-state index in [2.05, 4.69) is 16.0 Å². The first-order valence-electron chi connectivity index (χ1n) is 9.78. The first kappa shape index (κ1) is 19.0. The van der Waals surface area contributed by atoms with Gasteiger partial charge in [0.15, 0.2) is 9.84 Å². The molecule has 0 aliphatic heterocycles. The number of hydrogen-bond acceptors (Lipinski definition) is 4. The van der Waals surface area contributed by atoms with E-state index < -0.39 is 9.84 Å². The zero-order valence-electron chi connectivity index (χ0n) is 16.3. The minimum atomic E-state index is -3.19. The van der Waals surface area contributed by atoms with Crippen molar-refractivity contribution in [2.75, 3.05) is 13.4 Å². The topological polar surface area (TPSA) is 72.1 Å². The Balaban J connectivity index is 1.72. The van der Waals surface area contributed by atoms with E-state index in [4.69, 9.17) is 4.74 Å². The van der Waals surface area contributed by atoms with Gasteiger partial charge >= 0.3 is 0 Å². The van der Waals surface area contributed by atoms with E-state index in [9.17, 15) is 8.42 Å². The summed E-state index contributed by atoms with van der Waals surface area (Å²) >= 11 is 0. The Bertz CT molecular complexity index is 1060. The van der Waals surface area contributed by atoms with Crippen LogP contribution in [0.3, 0.4) is 0 Å². The fourth-order valence-corrected chi connectivity index (χ4v) is 4.91. The molecule has 1 saturated carbocycles. The Kier molecular flexibility index (Phi) is 5.15. The van der Waals surface area contributed by atoms with E-state index in [0.717, 1.165) is 28.7 Å². The fourth-order valence-electron chi connectivity index (χ4n) is 4.28. The maximum atomic E-state index is 11.8. The van der Waals surface area contributed by atoms with Gasteiger partial charge in [0.05, 0.1) is 12.0 Å². The van der Waals surface area contributed by atoms with E-state index in [1.165, 1.54) is 31.9 Å². The normalized spacial score (nSPS) is 16.5. The van der Waals surface area contributed by atoms with Crippen molar-refractivity contribution in [1.82, 2.24) is 9.97 Å². The summed E-state index contributed by atoms with van der Waals surface area (Å²) in [5.41, 5.74) is 3.08. The molecule has 148 valence electrons. The van der Waals surface area contributed by atoms with Gasteiger partial charge in [0.1, 0.15) is 5.65 Å². The van der Waals surface area contributed by atoms with Crippen LogP contribution in [-0.2, 0) is 9.84 Å². The highest BCUT2D eigenvalue weighted by Gasteiger charge is 2.24. The predicted octanol–water partition coefficient (Wildman–Crippen LogP) is 4.69. The fraction of sp³-hybridized carbons (Fsp3) is 0.409. The molecular formula is C22H26N2O3S. The van der Waals surface area contributed by atoms with Crippen LogP contribution in [-0.4, -0.2) is 31.8 Å². The standard InChI is InChI=1S/C22H26N2O3S/c1-27-21-12-9-17-14-20(23-22(17)24-21)19(13-15-5-3-4-6-15)16-7-10-18(11-8-16)28(2,25)26/h7-12,14-15,19H,3-6,13H2,1-2H3,(H,23,24). The second-order valence-corrected chi connectivity index (χ2v) is 9.81. The minimum absolute atomic E-state index is 0.192. The second kappa shape index (κ2) is 7.59. The molecule has 2 aromatic heterocycles. The molecule has 2 heterocycles. The monoisotopic (exact) mass is 398 g/mol. The number of ether oxygens (including phenoxy) is 1. The number of hydrogen-bond donors (Lipinski definition) is 1. The molecule has 1 aromatic carbocycles. The Labute approximate surface area is 166 Å². The van der Waals surface area contributed by atoms with Crippen molar-refractivity contribution >= 4 is 20.9 Å². The lowest BCUT2D eigenvalue weighted by atomic mass is 9.86. The maximum Gasteiger partial charge on any atom is 0.214 e. The molecule has 1 aliphatic carbocycles. The number of nitrogens with one attached hydrogen (secondary N) is 1. The van der Waals surface area contributed by atoms with Crippen molar-refractivity contribution in [3.63, 3.8) is 0 Å². The van der Waals surface area contributed by atoms with Gasteiger partial charge in [-0.25, -0.2) is 8.42 Å². The molecule has 5 nitrogen and oxygen atoms in total. The van der Waals surface area contributed by atoms with Crippen LogP contribution in [0.1, 0.15) is 49.3 Å². The van der Waals surface area contributed by atoms with Crippen LogP contribution in [0.15, 0.2) is 47.4 Å². The number of aromatic amines is 1. The zero-order chi connectivity index (χ0) is 19.7. The molecule has 0 radical (unpaired) electrons. The third-order valence-corrected chi connectivity index (χ3v) is 6.94. The first-order chi connectivity index (χ1) is 13.4. The Morgan fingerprint density at radius 1 is 1.14 bits per heavy atom. The van der Waals surface area contributed by atoms with Gasteiger partial charge in [-0.2, -0.15) is 4.98 Å². The van der Waals surface area contributed by atoms with Crippen LogP contribution in [0.2, 0.25) is 0 Å². The van der Waals surface area contributed by atoms with Gasteiger partial charge in [-0.05, 0) is 42.2 Å². The van der Waals surface area contributed by atoms with Crippen molar-refractivity contribution < 1.29 is 13.2 Å². The van der Waals surface area contributed by atoms with Crippen LogP contribution < -0.4 is 4.74 Å². The molecule has 1 aliphatic rings. The summed E-state index contributed by atoms with van der Waals surface area (Å²) in [6.07, 6.45) is 7.44. The molecule has 0 spiro atoms. The smallest absolute Gasteiger partial charge is 0.214 e. The van der Waals surface area contributed by atoms with E-state index in [1.807, 2.05) is 24.3 Å². The van der Waals surface area contributed by atoms with Gasteiger partial charge in [-0.15, -0.1) is 0 Å². The number of pyridine rings is 1. The van der Waals surface area contributed by atoms with Gasteiger partial charge in [0, 0.05) is 29.3 Å². The lowest BCUT2D eigenvalue weighted by Crippen LogP contribution is -2.08. The van der Waals surface area contributed by atoms with Gasteiger partial charge in [0.2, 0.25) is 5.88 Å². The summed E-state index contributed by atoms with van der Waals surface area (Å²) in [5, 5.41) is 1.06. The number of H-pyrrole nitrogens is 1. The average Bonchev–Trinajstić information content (AvgIpc) is 3.34. The molecule has 1 atom stereocenters. The summed E-state index contributed by atoms with van der Waals surface area (Å²) in [7, 11) is -1.58. The number of methoxy groups -OCH3 is 1. The molecule has 0 saturated heterocycles. The van der Waals surface area contributed by atoms with E-state index in [1.54, 1.807) is 19.2 Å². The lowest BCUT2D eigenvalue weighted by molar-refractivity contribution is 0.399. The van der Waals surface area contributed by atoms with Crippen LogP contribution >= 0.6 is 0 Å². The van der Waals surface area contributed by atoms with E-state index in [-0.39, 0.29) is 5.92 Å². The third kappa shape index (κ3) is 3.92. The van der Waals surface area contributed by atoms with E-state index >= 15 is 0 Å². The number of rotatable bonds is 6. The second-order valence-electron chi connectivity index (χ2n) is 7.80. The van der Waals surface area contributed by atoms with Crippen molar-refractivity contribution in [3.8, 4) is 5.88 Å². The largest absolute Gasteiger partial charge is 0.481 e. The highest BCUT2D eigenvalue weighted by atomic mass is 32.2. The predicted molar refractivity (Wildman–Crippen MR) is 111 cm³/mol. The van der Waals surface area contributed by atoms with E-state index in [0.29, 0.717) is 16.7 Å². The SMILES string of the molecule is COc1ccc2cc(C(CC3CCCC3)c3ccc(S(C)(=O)=O)cc3)[nH]c2n1. The van der Waals surface area contributed by atoms with Gasteiger partial charge in [-0.3, -0.25) is 0 Å². The van der Waals surface area contributed by atoms with Crippen LogP contribution in [0.25, 0.3) is 11.0 Å². The van der Waals surface area contributed by atoms with Crippen LogP contribution in [0.5, 0.6) is 5.88 Å². The van der Waals surface area contributed by atoms with Crippen molar-refractivity contribution in [1.29, 1.82) is 0 Å². The first-order valence-corrected chi connectivity index (χ1v) is 11.7. The Morgan fingerprint density at radius 2 is 1.86 bits per heavy atom. The number of sulfone groups is 1. The summed E-state index contributed by atoms with van der Waals surface area (Å²) < 4.78 is 28.9. The molecule has 1 fully saturated rings. The summed E-state index contributed by atoms with van der Waals surface area (Å²) in [4.78, 5) is 8.35. The summed E-state index contributed by atoms with van der Waals surface area (Å²) in [5.74, 6) is 1.48. The van der Waals surface area contributed by atoms with Gasteiger partial charge < -0.3 is 9.72 Å². The quantitative estimate of drug-likeness (QED) is 0.654. The molecule has 1 unspecified atom stereocenters. The van der Waals surface area contributed by atoms with Crippen LogP contribution in [0, 0.1) is 5.92 Å². The molecule has 6 heteroatoms. The lowest BCUT2D eigenvalue weighted by Gasteiger charge is -2.20. The number of aromatic nitrogens is 2. The van der Waals surface area contributed by atoms with Crippen molar-refractivity contribution in [2.24, 2.45) is 5.92 Å². The number of nitrogens with zero attached hydrogens (tertiary/aromatic N) is 1. The number of fused-ring (bicyclic) bond motifs is 1. The molecule has 0 amide bonds. The van der Waals surface area contributed by atoms with Gasteiger partial charge in [-0.1, -0.05) is 37.8 Å². The summed E-state index contributed by atoms with van der Waals surface area (Å²) in [6.45, 7) is 0. The average molecular weight is 399 g/mol. The Hall–Kier alpha value is -2.34. The molecule has 1 N–H and O–H groups in total.